The third kappa shape index (κ3) is 3.56. The molecule has 3 aromatic rings. The van der Waals surface area contributed by atoms with Gasteiger partial charge in [-0.05, 0) is 108 Å². The van der Waals surface area contributed by atoms with E-state index in [4.69, 9.17) is 9.29 Å². The lowest BCUT2D eigenvalue weighted by Gasteiger charge is -2.62. The van der Waals surface area contributed by atoms with E-state index in [-0.39, 0.29) is 12.0 Å². The van der Waals surface area contributed by atoms with Gasteiger partial charge >= 0.3 is 21.3 Å². The number of halogens is 2. The highest BCUT2D eigenvalue weighted by Crippen LogP contribution is 2.66. The SMILES string of the molecule is Cc1ccc(C23CC4CC(CC(COC(=O)C(F)(F)S(=O)(=O)O)(C4)C2)C3)c2cc3ccccc3cc12. The average molecular weight is 515 g/mol. The summed E-state index contributed by atoms with van der Waals surface area (Å²) in [6.07, 6.45) is 5.32. The molecule has 4 aliphatic rings. The highest BCUT2D eigenvalue weighted by molar-refractivity contribution is 7.87. The lowest BCUT2D eigenvalue weighted by molar-refractivity contribution is -0.173. The van der Waals surface area contributed by atoms with E-state index >= 15 is 0 Å². The smallest absolute Gasteiger partial charge is 0.460 e. The molecule has 1 N–H and O–H groups in total. The molecule has 0 aliphatic heterocycles. The highest BCUT2D eigenvalue weighted by atomic mass is 32.2. The molecule has 4 bridgehead atoms. The van der Waals surface area contributed by atoms with Crippen LogP contribution in [0.1, 0.15) is 49.7 Å². The van der Waals surface area contributed by atoms with Gasteiger partial charge in [-0.15, -0.1) is 0 Å². The minimum absolute atomic E-state index is 0.156. The van der Waals surface area contributed by atoms with E-state index in [1.54, 1.807) is 0 Å². The van der Waals surface area contributed by atoms with Crippen molar-refractivity contribution in [2.45, 2.75) is 56.1 Å². The topological polar surface area (TPSA) is 80.7 Å². The summed E-state index contributed by atoms with van der Waals surface area (Å²) in [5, 5.41) is -0.214. The molecule has 0 heterocycles. The quantitative estimate of drug-likeness (QED) is 0.250. The summed E-state index contributed by atoms with van der Waals surface area (Å²) < 4.78 is 63.4. The molecular weight excluding hydrogens is 486 g/mol. The van der Waals surface area contributed by atoms with Gasteiger partial charge < -0.3 is 4.74 Å². The lowest BCUT2D eigenvalue weighted by Crippen LogP contribution is -2.56. The molecule has 3 aromatic carbocycles. The number of aryl methyl sites for hydroxylation is 1. The monoisotopic (exact) mass is 514 g/mol. The molecule has 190 valence electrons. The third-order valence-electron chi connectivity index (χ3n) is 8.93. The second-order valence-electron chi connectivity index (χ2n) is 11.5. The molecule has 7 rings (SSSR count). The number of alkyl halides is 2. The first-order valence-corrected chi connectivity index (χ1v) is 13.8. The Morgan fingerprint density at radius 3 is 2.25 bits per heavy atom. The molecule has 2 unspecified atom stereocenters. The summed E-state index contributed by atoms with van der Waals surface area (Å²) in [5.74, 6) is -1.42. The van der Waals surface area contributed by atoms with E-state index in [1.165, 1.54) is 27.3 Å². The van der Waals surface area contributed by atoms with Crippen molar-refractivity contribution >= 4 is 37.6 Å². The maximum absolute atomic E-state index is 13.9. The van der Waals surface area contributed by atoms with Crippen LogP contribution in [0.15, 0.2) is 48.5 Å². The first kappa shape index (κ1) is 23.8. The lowest BCUT2D eigenvalue weighted by atomic mass is 9.43. The zero-order valence-corrected chi connectivity index (χ0v) is 20.8. The molecule has 0 spiro atoms. The van der Waals surface area contributed by atoms with E-state index in [0.717, 1.165) is 37.5 Å². The van der Waals surface area contributed by atoms with Gasteiger partial charge in [0.05, 0.1) is 6.61 Å². The second kappa shape index (κ2) is 7.71. The Morgan fingerprint density at radius 1 is 1.03 bits per heavy atom. The Hall–Kier alpha value is -2.58. The number of hydrogen-bond acceptors (Lipinski definition) is 4. The number of fused-ring (bicyclic) bond motifs is 2. The fourth-order valence-corrected chi connectivity index (χ4v) is 8.25. The number of carbonyl (C=O) groups is 1. The Balaban J connectivity index is 1.39. The van der Waals surface area contributed by atoms with Crippen LogP contribution in [-0.4, -0.2) is 30.8 Å². The predicted molar refractivity (Wildman–Crippen MR) is 132 cm³/mol. The minimum Gasteiger partial charge on any atom is -0.460 e. The molecule has 36 heavy (non-hydrogen) atoms. The summed E-state index contributed by atoms with van der Waals surface area (Å²) in [6, 6.07) is 17.1. The largest absolute Gasteiger partial charge is 0.465 e. The van der Waals surface area contributed by atoms with Crippen molar-refractivity contribution in [2.75, 3.05) is 6.61 Å². The van der Waals surface area contributed by atoms with Crippen LogP contribution in [-0.2, 0) is 25.1 Å². The number of carbonyl (C=O) groups excluding carboxylic acids is 1. The zero-order chi connectivity index (χ0) is 25.5. The summed E-state index contributed by atoms with van der Waals surface area (Å²) >= 11 is 0. The molecular formula is C28H28F2O5S. The average Bonchev–Trinajstić information content (AvgIpc) is 2.80. The van der Waals surface area contributed by atoms with Gasteiger partial charge in [0, 0.05) is 5.41 Å². The van der Waals surface area contributed by atoms with E-state index in [0.29, 0.717) is 18.3 Å². The third-order valence-corrected chi connectivity index (χ3v) is 9.74. The molecule has 0 saturated heterocycles. The van der Waals surface area contributed by atoms with Crippen molar-refractivity contribution in [2.24, 2.45) is 17.3 Å². The highest BCUT2D eigenvalue weighted by Gasteiger charge is 2.60. The number of ether oxygens (including phenoxy) is 1. The van der Waals surface area contributed by atoms with Crippen LogP contribution < -0.4 is 0 Å². The summed E-state index contributed by atoms with van der Waals surface area (Å²) in [6.45, 7) is 1.84. The number of esters is 1. The van der Waals surface area contributed by atoms with Gasteiger partial charge in [-0.25, -0.2) is 4.79 Å². The Morgan fingerprint density at radius 2 is 1.64 bits per heavy atom. The zero-order valence-electron chi connectivity index (χ0n) is 20.0. The van der Waals surface area contributed by atoms with Crippen LogP contribution in [0.4, 0.5) is 8.78 Å². The molecule has 0 amide bonds. The van der Waals surface area contributed by atoms with Crippen molar-refractivity contribution in [1.82, 2.24) is 0 Å². The van der Waals surface area contributed by atoms with Crippen LogP contribution in [0.2, 0.25) is 0 Å². The van der Waals surface area contributed by atoms with Crippen molar-refractivity contribution < 1.29 is 31.3 Å². The maximum atomic E-state index is 13.9. The van der Waals surface area contributed by atoms with Gasteiger partial charge in [0.15, 0.2) is 0 Å². The summed E-state index contributed by atoms with van der Waals surface area (Å²) in [5.41, 5.74) is 1.82. The van der Waals surface area contributed by atoms with Crippen LogP contribution >= 0.6 is 0 Å². The van der Waals surface area contributed by atoms with E-state index < -0.39 is 26.8 Å². The first-order valence-electron chi connectivity index (χ1n) is 12.4. The maximum Gasteiger partial charge on any atom is 0.465 e. The van der Waals surface area contributed by atoms with E-state index in [1.807, 2.05) is 12.1 Å². The number of rotatable bonds is 5. The molecule has 5 nitrogen and oxygen atoms in total. The van der Waals surface area contributed by atoms with E-state index in [2.05, 4.69) is 43.3 Å². The predicted octanol–water partition coefficient (Wildman–Crippen LogP) is 6.16. The van der Waals surface area contributed by atoms with Gasteiger partial charge in [-0.1, -0.05) is 36.4 Å². The summed E-state index contributed by atoms with van der Waals surface area (Å²) in [7, 11) is -5.89. The normalized spacial score (nSPS) is 29.7. The number of hydrogen-bond donors (Lipinski definition) is 1. The van der Waals surface area contributed by atoms with Crippen molar-refractivity contribution in [1.29, 1.82) is 0 Å². The first-order chi connectivity index (χ1) is 16.9. The van der Waals surface area contributed by atoms with Crippen molar-refractivity contribution in [3.8, 4) is 0 Å². The Bertz CT molecular complexity index is 1500. The van der Waals surface area contributed by atoms with Crippen LogP contribution in [0.3, 0.4) is 0 Å². The molecule has 2 atom stereocenters. The van der Waals surface area contributed by atoms with Gasteiger partial charge in [0.2, 0.25) is 0 Å². The Labute approximate surface area is 208 Å². The van der Waals surface area contributed by atoms with Crippen LogP contribution in [0, 0.1) is 24.2 Å². The molecule has 4 aliphatic carbocycles. The van der Waals surface area contributed by atoms with Crippen LogP contribution in [0.25, 0.3) is 21.5 Å². The minimum atomic E-state index is -5.89. The van der Waals surface area contributed by atoms with Crippen molar-refractivity contribution in [3.05, 3.63) is 59.7 Å². The molecule has 0 radical (unpaired) electrons. The molecule has 8 heteroatoms. The molecule has 4 saturated carbocycles. The second-order valence-corrected chi connectivity index (χ2v) is 12.9. The number of benzene rings is 3. The van der Waals surface area contributed by atoms with Gasteiger partial charge in [0.1, 0.15) is 0 Å². The molecule has 4 fully saturated rings. The summed E-state index contributed by atoms with van der Waals surface area (Å²) in [4.78, 5) is 12.0. The van der Waals surface area contributed by atoms with Crippen molar-refractivity contribution in [3.63, 3.8) is 0 Å². The fraction of sp³-hybridized carbons (Fsp3) is 0.464. The Kier molecular flexibility index (Phi) is 5.10. The van der Waals surface area contributed by atoms with Gasteiger partial charge in [-0.3, -0.25) is 4.55 Å². The van der Waals surface area contributed by atoms with Crippen LogP contribution in [0.5, 0.6) is 0 Å². The fourth-order valence-electron chi connectivity index (χ4n) is 7.98. The van der Waals surface area contributed by atoms with Gasteiger partial charge in [-0.2, -0.15) is 17.2 Å². The van der Waals surface area contributed by atoms with Gasteiger partial charge in [0.25, 0.3) is 0 Å². The molecule has 0 aromatic heterocycles. The standard InChI is InChI=1S/C28H28F2O5S/c1-17-6-7-24(23-10-21-5-3-2-4-20(21)9-22(17)23)27-13-18-8-19(14-27)12-26(11-18,15-27)16-35-25(31)28(29,30)36(32,33)34/h2-7,9-10,18-19H,8,11-16H2,1H3,(H,32,33,34). The van der Waals surface area contributed by atoms with E-state index in [9.17, 15) is 22.0 Å².